The lowest BCUT2D eigenvalue weighted by molar-refractivity contribution is 0.881. The quantitative estimate of drug-likeness (QED) is 0.757. The van der Waals surface area contributed by atoms with Crippen LogP contribution in [0.25, 0.3) is 17.2 Å². The van der Waals surface area contributed by atoms with E-state index in [0.717, 1.165) is 20.5 Å². The molecule has 0 amide bonds. The van der Waals surface area contributed by atoms with Crippen LogP contribution in [0.4, 0.5) is 0 Å². The van der Waals surface area contributed by atoms with Crippen LogP contribution >= 0.6 is 31.9 Å². The molecule has 0 bridgehead atoms. The number of tetrazole rings is 1. The molecule has 5 nitrogen and oxygen atoms in total. The normalized spacial score (nSPS) is 10.8. The summed E-state index contributed by atoms with van der Waals surface area (Å²) in [5, 5.41) is 13.9. The third kappa shape index (κ3) is 1.89. The Morgan fingerprint density at radius 2 is 2.00 bits per heavy atom. The van der Waals surface area contributed by atoms with E-state index in [9.17, 15) is 0 Å². The largest absolute Gasteiger partial charge is 0.300 e. The summed E-state index contributed by atoms with van der Waals surface area (Å²) in [7, 11) is 0. The standard InChI is InChI=1S/C11H6Br2N5/c12-8-6-9(13)18(7-4-2-1-3-5-7)10(8)11-14-16-17-15-11/h2-6H,(H,14,15,16,17). The van der Waals surface area contributed by atoms with Gasteiger partial charge in [-0.1, -0.05) is 12.1 Å². The van der Waals surface area contributed by atoms with E-state index in [-0.39, 0.29) is 0 Å². The highest BCUT2D eigenvalue weighted by molar-refractivity contribution is 9.11. The maximum atomic E-state index is 3.95. The first-order valence-corrected chi connectivity index (χ1v) is 6.63. The van der Waals surface area contributed by atoms with Gasteiger partial charge in [0.2, 0.25) is 0 Å². The second-order valence-electron chi connectivity index (χ2n) is 3.51. The average molecular weight is 368 g/mol. The fourth-order valence-corrected chi connectivity index (χ4v) is 3.21. The second kappa shape index (κ2) is 4.66. The van der Waals surface area contributed by atoms with Crippen molar-refractivity contribution in [2.24, 2.45) is 0 Å². The number of nitrogens with zero attached hydrogens (tertiary/aromatic N) is 4. The van der Waals surface area contributed by atoms with Gasteiger partial charge in [0.15, 0.2) is 5.82 Å². The Kier molecular flexibility index (Phi) is 3.00. The number of nitrogens with one attached hydrogen (secondary N) is 1. The molecule has 0 saturated carbocycles. The predicted octanol–water partition coefficient (Wildman–Crippen LogP) is 2.98. The summed E-state index contributed by atoms with van der Waals surface area (Å²) in [6.45, 7) is 0. The number of hydrogen-bond acceptors (Lipinski definition) is 3. The zero-order valence-electron chi connectivity index (χ0n) is 8.93. The summed E-state index contributed by atoms with van der Waals surface area (Å²) in [6.07, 6.45) is 0. The molecule has 3 rings (SSSR count). The molecule has 7 heteroatoms. The van der Waals surface area contributed by atoms with Gasteiger partial charge in [0, 0.05) is 10.2 Å². The third-order valence-corrected chi connectivity index (χ3v) is 3.63. The van der Waals surface area contributed by atoms with Crippen LogP contribution in [0, 0.1) is 6.07 Å². The van der Waals surface area contributed by atoms with E-state index < -0.39 is 0 Å². The summed E-state index contributed by atoms with van der Waals surface area (Å²) in [6, 6.07) is 12.6. The number of aromatic nitrogens is 5. The number of aromatic amines is 1. The van der Waals surface area contributed by atoms with Crippen molar-refractivity contribution in [3.8, 4) is 17.2 Å². The Bertz CT molecular complexity index is 660. The van der Waals surface area contributed by atoms with Crippen LogP contribution in [-0.2, 0) is 0 Å². The lowest BCUT2D eigenvalue weighted by Crippen LogP contribution is -1.98. The van der Waals surface area contributed by atoms with Gasteiger partial charge in [-0.3, -0.25) is 4.57 Å². The van der Waals surface area contributed by atoms with Crippen molar-refractivity contribution in [1.29, 1.82) is 0 Å². The molecular weight excluding hydrogens is 362 g/mol. The number of halogens is 2. The summed E-state index contributed by atoms with van der Waals surface area (Å²) >= 11 is 7.04. The van der Waals surface area contributed by atoms with Crippen molar-refractivity contribution < 1.29 is 0 Å². The Hall–Kier alpha value is -1.47. The van der Waals surface area contributed by atoms with Crippen LogP contribution in [0.15, 0.2) is 39.4 Å². The van der Waals surface area contributed by atoms with Crippen LogP contribution in [0.3, 0.4) is 0 Å². The molecule has 89 valence electrons. The van der Waals surface area contributed by atoms with Crippen molar-refractivity contribution in [2.45, 2.75) is 0 Å². The Labute approximate surface area is 119 Å². The highest BCUT2D eigenvalue weighted by atomic mass is 79.9. The molecule has 0 saturated heterocycles. The minimum atomic E-state index is 0.598. The average Bonchev–Trinajstić information content (AvgIpc) is 2.97. The second-order valence-corrected chi connectivity index (χ2v) is 5.17. The first-order valence-electron chi connectivity index (χ1n) is 5.04. The zero-order chi connectivity index (χ0) is 12.5. The van der Waals surface area contributed by atoms with Crippen LogP contribution < -0.4 is 0 Å². The van der Waals surface area contributed by atoms with Crippen LogP contribution in [0.2, 0.25) is 0 Å². The van der Waals surface area contributed by atoms with E-state index in [1.165, 1.54) is 0 Å². The van der Waals surface area contributed by atoms with E-state index >= 15 is 0 Å². The molecule has 2 aromatic heterocycles. The minimum Gasteiger partial charge on any atom is -0.300 e. The molecule has 18 heavy (non-hydrogen) atoms. The molecule has 0 fully saturated rings. The fourth-order valence-electron chi connectivity index (χ4n) is 1.71. The van der Waals surface area contributed by atoms with Crippen LogP contribution in [0.1, 0.15) is 0 Å². The van der Waals surface area contributed by atoms with Gasteiger partial charge in [-0.15, -0.1) is 5.10 Å². The SMILES string of the molecule is Brc1cc(Br)n(-c2cc[c]cc2)c1-c1nnn[nH]1. The number of rotatable bonds is 2. The van der Waals surface area contributed by atoms with E-state index in [1.54, 1.807) is 0 Å². The molecule has 3 aromatic rings. The molecular formula is C11H6Br2N5. The fraction of sp³-hybridized carbons (Fsp3) is 0. The number of hydrogen-bond donors (Lipinski definition) is 1. The lowest BCUT2D eigenvalue weighted by atomic mass is 10.3. The molecule has 2 heterocycles. The van der Waals surface area contributed by atoms with Gasteiger partial charge < -0.3 is 0 Å². The molecule has 0 atom stereocenters. The van der Waals surface area contributed by atoms with Gasteiger partial charge in [0.25, 0.3) is 0 Å². The van der Waals surface area contributed by atoms with Crippen molar-refractivity contribution in [2.75, 3.05) is 0 Å². The monoisotopic (exact) mass is 366 g/mol. The molecule has 0 aliphatic heterocycles. The summed E-state index contributed by atoms with van der Waals surface area (Å²) in [4.78, 5) is 0. The number of benzene rings is 1. The molecule has 1 radical (unpaired) electrons. The van der Waals surface area contributed by atoms with Crippen molar-refractivity contribution in [1.82, 2.24) is 25.2 Å². The van der Waals surface area contributed by atoms with Crippen molar-refractivity contribution in [3.63, 3.8) is 0 Å². The molecule has 1 aromatic carbocycles. The number of H-pyrrole nitrogens is 1. The smallest absolute Gasteiger partial charge is 0.197 e. The maximum Gasteiger partial charge on any atom is 0.197 e. The Morgan fingerprint density at radius 3 is 2.67 bits per heavy atom. The molecule has 0 spiro atoms. The van der Waals surface area contributed by atoms with Gasteiger partial charge in [-0.2, -0.15) is 0 Å². The highest BCUT2D eigenvalue weighted by Gasteiger charge is 2.17. The van der Waals surface area contributed by atoms with Gasteiger partial charge in [0.1, 0.15) is 5.69 Å². The molecule has 1 N–H and O–H groups in total. The van der Waals surface area contributed by atoms with Gasteiger partial charge >= 0.3 is 0 Å². The summed E-state index contributed by atoms with van der Waals surface area (Å²) in [5.41, 5.74) is 1.86. The third-order valence-electron chi connectivity index (χ3n) is 2.44. The Balaban J connectivity index is 2.27. The molecule has 0 aliphatic rings. The van der Waals surface area contributed by atoms with Crippen molar-refractivity contribution in [3.05, 3.63) is 45.5 Å². The van der Waals surface area contributed by atoms with Gasteiger partial charge in [-0.25, -0.2) is 5.10 Å². The summed E-state index contributed by atoms with van der Waals surface area (Å²) < 4.78 is 3.81. The van der Waals surface area contributed by atoms with E-state index in [1.807, 2.05) is 34.9 Å². The van der Waals surface area contributed by atoms with Gasteiger partial charge in [-0.05, 0) is 66.6 Å². The van der Waals surface area contributed by atoms with Crippen molar-refractivity contribution >= 4 is 31.9 Å². The van der Waals surface area contributed by atoms with Crippen LogP contribution in [0.5, 0.6) is 0 Å². The maximum absolute atomic E-state index is 3.95. The predicted molar refractivity (Wildman–Crippen MR) is 73.2 cm³/mol. The first-order chi connectivity index (χ1) is 8.77. The van der Waals surface area contributed by atoms with Crippen LogP contribution in [-0.4, -0.2) is 25.2 Å². The van der Waals surface area contributed by atoms with E-state index in [2.05, 4.69) is 58.6 Å². The lowest BCUT2D eigenvalue weighted by Gasteiger charge is -2.08. The molecule has 0 unspecified atom stereocenters. The van der Waals surface area contributed by atoms with E-state index in [0.29, 0.717) is 5.82 Å². The topological polar surface area (TPSA) is 59.4 Å². The zero-order valence-corrected chi connectivity index (χ0v) is 12.1. The molecule has 0 aliphatic carbocycles. The van der Waals surface area contributed by atoms with Gasteiger partial charge in [0.05, 0.1) is 4.60 Å². The van der Waals surface area contributed by atoms with E-state index in [4.69, 9.17) is 0 Å². The minimum absolute atomic E-state index is 0.598. The first kappa shape index (κ1) is 11.6. The highest BCUT2D eigenvalue weighted by Crippen LogP contribution is 2.34. The summed E-state index contributed by atoms with van der Waals surface area (Å²) in [5.74, 6) is 0.598. The Morgan fingerprint density at radius 1 is 1.22 bits per heavy atom.